The van der Waals surface area contributed by atoms with Crippen molar-refractivity contribution in [3.63, 3.8) is 0 Å². The van der Waals surface area contributed by atoms with E-state index in [1.807, 2.05) is 31.7 Å². The molecule has 0 saturated carbocycles. The van der Waals surface area contributed by atoms with Gasteiger partial charge in [-0.25, -0.2) is 4.98 Å². The highest BCUT2D eigenvalue weighted by molar-refractivity contribution is 7.80. The van der Waals surface area contributed by atoms with Crippen LogP contribution in [0.2, 0.25) is 5.02 Å². The average Bonchev–Trinajstić information content (AvgIpc) is 2.90. The van der Waals surface area contributed by atoms with Gasteiger partial charge in [0.1, 0.15) is 5.52 Å². The zero-order valence-corrected chi connectivity index (χ0v) is 16.5. The van der Waals surface area contributed by atoms with Crippen molar-refractivity contribution in [2.45, 2.75) is 26.2 Å². The lowest BCUT2D eigenvalue weighted by Gasteiger charge is -2.45. The highest BCUT2D eigenvalue weighted by atomic mass is 35.5. The topological polar surface area (TPSA) is 64.4 Å². The van der Waals surface area contributed by atoms with Crippen LogP contribution in [0.1, 0.15) is 26.7 Å². The Labute approximate surface area is 157 Å². The zero-order valence-electron chi connectivity index (χ0n) is 14.9. The fourth-order valence-corrected chi connectivity index (χ4v) is 3.15. The molecule has 0 spiro atoms. The number of piperazine rings is 1. The predicted molar refractivity (Wildman–Crippen MR) is 105 cm³/mol. The van der Waals surface area contributed by atoms with Crippen molar-refractivity contribution >= 4 is 45.7 Å². The summed E-state index contributed by atoms with van der Waals surface area (Å²) < 4.78 is 5.65. The number of benzene rings is 1. The first-order chi connectivity index (χ1) is 11.5. The van der Waals surface area contributed by atoms with Crippen LogP contribution in [-0.2, 0) is 5.41 Å². The molecule has 2 aromatic rings. The number of oxazole rings is 1. The first-order valence-electron chi connectivity index (χ1n) is 8.27. The van der Waals surface area contributed by atoms with E-state index in [-0.39, 0.29) is 10.1 Å². The third-order valence-corrected chi connectivity index (χ3v) is 5.01. The number of hydroxylamine groups is 3. The van der Waals surface area contributed by atoms with E-state index in [1.165, 1.54) is 0 Å². The molecule has 0 unspecified atom stereocenters. The number of rotatable bonds is 1. The lowest BCUT2D eigenvalue weighted by molar-refractivity contribution is -0.864. The molecule has 1 fully saturated rings. The number of hydrogen-bond donors (Lipinski definition) is 1. The van der Waals surface area contributed by atoms with E-state index in [9.17, 15) is 5.21 Å². The molecule has 2 heterocycles. The molecule has 0 radical (unpaired) electrons. The van der Waals surface area contributed by atoms with E-state index in [1.54, 1.807) is 13.1 Å². The van der Waals surface area contributed by atoms with Crippen LogP contribution in [0, 0.1) is 5.21 Å². The number of likely N-dealkylation sites (N-methyl/N-ethyl adjacent to an activating group) is 1. The van der Waals surface area contributed by atoms with E-state index < -0.39 is 0 Å². The summed E-state index contributed by atoms with van der Waals surface area (Å²) in [6, 6.07) is 3.60. The first kappa shape index (κ1) is 18.4. The molecule has 0 amide bonds. The predicted octanol–water partition coefficient (Wildman–Crippen LogP) is 3.74. The van der Waals surface area contributed by atoms with Crippen LogP contribution in [0.5, 0.6) is 0 Å². The van der Waals surface area contributed by atoms with Crippen molar-refractivity contribution in [3.8, 4) is 0 Å². The van der Waals surface area contributed by atoms with Crippen LogP contribution in [-0.4, -0.2) is 52.9 Å². The highest BCUT2D eigenvalue weighted by Gasteiger charge is 2.24. The van der Waals surface area contributed by atoms with Crippen LogP contribution in [0.25, 0.3) is 11.1 Å². The van der Waals surface area contributed by atoms with Crippen molar-refractivity contribution in [1.29, 1.82) is 0 Å². The van der Waals surface area contributed by atoms with E-state index in [0.29, 0.717) is 53.5 Å². The van der Waals surface area contributed by atoms with Gasteiger partial charge in [0, 0.05) is 11.5 Å². The maximum absolute atomic E-state index is 11.9. The van der Waals surface area contributed by atoms with Crippen molar-refractivity contribution in [2.24, 2.45) is 0 Å². The summed E-state index contributed by atoms with van der Waals surface area (Å²) in [5.41, 5.74) is 1.90. The lowest BCUT2D eigenvalue weighted by Crippen LogP contribution is -2.55. The van der Waals surface area contributed by atoms with Gasteiger partial charge in [-0.3, -0.25) is 0 Å². The standard InChI is InChI=1S/C17H23ClN4O2S/c1-17(2,3)15-19-13-9-11(18)12(10-14(13)24-15)20-16(25)21-5-7-22(4,23)8-6-21/h9-10H,5-8H2,1-4H3,(H,20,25). The van der Waals surface area contributed by atoms with Gasteiger partial charge < -0.3 is 24.5 Å². The van der Waals surface area contributed by atoms with Gasteiger partial charge in [-0.2, -0.15) is 0 Å². The van der Waals surface area contributed by atoms with Gasteiger partial charge in [0.15, 0.2) is 10.7 Å². The quantitative estimate of drug-likeness (QED) is 0.460. The number of hydrogen-bond acceptors (Lipinski definition) is 4. The van der Waals surface area contributed by atoms with Gasteiger partial charge in [0.05, 0.1) is 43.9 Å². The fourth-order valence-electron chi connectivity index (χ4n) is 2.65. The van der Waals surface area contributed by atoms with Crippen LogP contribution < -0.4 is 5.32 Å². The van der Waals surface area contributed by atoms with Crippen molar-refractivity contribution in [2.75, 3.05) is 38.5 Å². The van der Waals surface area contributed by atoms with Gasteiger partial charge in [0.2, 0.25) is 5.89 Å². The molecule has 136 valence electrons. The fraction of sp³-hybridized carbons (Fsp3) is 0.529. The lowest BCUT2D eigenvalue weighted by atomic mass is 9.97. The van der Waals surface area contributed by atoms with E-state index in [2.05, 4.69) is 10.3 Å². The van der Waals surface area contributed by atoms with Gasteiger partial charge in [-0.15, -0.1) is 0 Å². The Morgan fingerprint density at radius 1 is 1.36 bits per heavy atom. The Hall–Kier alpha value is -1.41. The normalized spacial score (nSPS) is 17.8. The van der Waals surface area contributed by atoms with Crippen LogP contribution in [0.3, 0.4) is 0 Å². The second kappa shape index (κ2) is 6.39. The molecule has 6 nitrogen and oxygen atoms in total. The number of fused-ring (bicyclic) bond motifs is 1. The molecule has 0 atom stereocenters. The number of thiocarbonyl (C=S) groups is 1. The summed E-state index contributed by atoms with van der Waals surface area (Å²) in [4.78, 5) is 6.51. The van der Waals surface area contributed by atoms with E-state index >= 15 is 0 Å². The zero-order chi connectivity index (χ0) is 18.4. The Kier molecular flexibility index (Phi) is 4.70. The first-order valence-corrected chi connectivity index (χ1v) is 9.06. The number of nitrogens with zero attached hydrogens (tertiary/aromatic N) is 3. The van der Waals surface area contributed by atoms with Crippen molar-refractivity contribution in [3.05, 3.63) is 28.3 Å². The second-order valence-electron chi connectivity index (χ2n) is 7.73. The molecule has 0 aliphatic carbocycles. The minimum Gasteiger partial charge on any atom is -0.633 e. The summed E-state index contributed by atoms with van der Waals surface area (Å²) in [6.07, 6.45) is 0. The Morgan fingerprint density at radius 2 is 2.00 bits per heavy atom. The van der Waals surface area contributed by atoms with Crippen LogP contribution in [0.4, 0.5) is 5.69 Å². The minimum absolute atomic E-state index is 0.175. The largest absolute Gasteiger partial charge is 0.633 e. The van der Waals surface area contributed by atoms with Crippen LogP contribution in [0.15, 0.2) is 16.5 Å². The Balaban J connectivity index is 1.79. The third-order valence-electron chi connectivity index (χ3n) is 4.33. The maximum atomic E-state index is 11.9. The average molecular weight is 383 g/mol. The molecule has 1 aromatic heterocycles. The molecule has 1 aromatic carbocycles. The number of quaternary nitrogens is 1. The molecule has 1 aliphatic rings. The van der Waals surface area contributed by atoms with Crippen LogP contribution >= 0.6 is 23.8 Å². The van der Waals surface area contributed by atoms with Gasteiger partial charge in [-0.05, 0) is 18.3 Å². The molecule has 1 N–H and O–H groups in total. The Morgan fingerprint density at radius 3 is 2.60 bits per heavy atom. The molecule has 3 rings (SSSR count). The molecule has 0 bridgehead atoms. The summed E-state index contributed by atoms with van der Waals surface area (Å²) in [7, 11) is 1.69. The molecular weight excluding hydrogens is 360 g/mol. The van der Waals surface area contributed by atoms with Crippen molar-refractivity contribution < 1.29 is 9.06 Å². The monoisotopic (exact) mass is 382 g/mol. The number of halogens is 1. The maximum Gasteiger partial charge on any atom is 0.200 e. The number of anilines is 1. The number of nitrogens with one attached hydrogen (secondary N) is 1. The molecule has 1 aliphatic heterocycles. The summed E-state index contributed by atoms with van der Waals surface area (Å²) in [5, 5.41) is 16.2. The summed E-state index contributed by atoms with van der Waals surface area (Å²) >= 11 is 11.9. The Bertz CT molecular complexity index is 803. The minimum atomic E-state index is -0.223. The highest BCUT2D eigenvalue weighted by Crippen LogP contribution is 2.32. The third kappa shape index (κ3) is 4.06. The summed E-state index contributed by atoms with van der Waals surface area (Å²) in [6.45, 7) is 8.44. The smallest absolute Gasteiger partial charge is 0.200 e. The molecule has 25 heavy (non-hydrogen) atoms. The van der Waals surface area contributed by atoms with Crippen molar-refractivity contribution in [1.82, 2.24) is 9.88 Å². The number of aromatic nitrogens is 1. The molecule has 1 saturated heterocycles. The van der Waals surface area contributed by atoms with E-state index in [4.69, 9.17) is 28.2 Å². The SMILES string of the molecule is CC(C)(C)c1nc2cc(Cl)c(NC(=S)N3CC[N+](C)([O-])CC3)cc2o1. The van der Waals surface area contributed by atoms with Gasteiger partial charge in [-0.1, -0.05) is 32.4 Å². The second-order valence-corrected chi connectivity index (χ2v) is 8.52. The molecular formula is C17H23ClN4O2S. The van der Waals surface area contributed by atoms with Gasteiger partial charge in [0.25, 0.3) is 0 Å². The molecule has 8 heteroatoms. The van der Waals surface area contributed by atoms with E-state index in [0.717, 1.165) is 5.52 Å². The summed E-state index contributed by atoms with van der Waals surface area (Å²) in [5.74, 6) is 0.668. The van der Waals surface area contributed by atoms with Gasteiger partial charge >= 0.3 is 0 Å².